The van der Waals surface area contributed by atoms with Crippen molar-refractivity contribution >= 4 is 30.3 Å². The third-order valence-electron chi connectivity index (χ3n) is 4.95. The van der Waals surface area contributed by atoms with Crippen LogP contribution in [0.3, 0.4) is 0 Å². The van der Waals surface area contributed by atoms with Gasteiger partial charge < -0.3 is 19.3 Å². The number of esters is 3. The standard InChI is InChI=1S/C13H12F2N2O3.C8H12O5.C7H8F2N2.ClH.Na/c1-2-20-13(19)11-6-12(18)17(16-11)7-8-3-4-9(14)5-10(8)15;1-3-12-7(10)5-6(9)8(11)13-4-2;8-6-2-1-5(4-11-10)7(9)3-6;;/h3-6,16H,2,7H2,1H3;5,9H,3-4H2,1-2H3;1-3,11H,4,10H2;1H;/q;;;;+1/p-1/b;6-5-;;;. The number of aromatic amines is 1. The number of aromatic nitrogens is 2. The summed E-state index contributed by atoms with van der Waals surface area (Å²) in [6.07, 6.45) is 0.571. The normalized spacial score (nSPS) is 10.0. The van der Waals surface area contributed by atoms with Crippen LogP contribution in [0.25, 0.3) is 0 Å². The third kappa shape index (κ3) is 16.1. The molecule has 0 radical (unpaired) electrons. The van der Waals surface area contributed by atoms with E-state index in [1.165, 1.54) is 18.2 Å². The van der Waals surface area contributed by atoms with Gasteiger partial charge in [0.2, 0.25) is 0 Å². The van der Waals surface area contributed by atoms with E-state index in [-0.39, 0.29) is 86.1 Å². The molecule has 0 spiro atoms. The van der Waals surface area contributed by atoms with E-state index in [1.807, 2.05) is 0 Å². The zero-order valence-corrected chi connectivity index (χ0v) is 28.2. The zero-order chi connectivity index (χ0) is 33.2. The summed E-state index contributed by atoms with van der Waals surface area (Å²) in [5, 5.41) is 13.3. The van der Waals surface area contributed by atoms with E-state index in [2.05, 4.69) is 20.0 Å². The Morgan fingerprint density at radius 1 is 0.891 bits per heavy atom. The number of H-pyrrole nitrogens is 1. The summed E-state index contributed by atoms with van der Waals surface area (Å²) in [6, 6.07) is 7.50. The zero-order valence-electron chi connectivity index (χ0n) is 25.4. The number of hydrogen-bond donors (Lipinski definition) is 3. The number of rotatable bonds is 10. The average molecular weight is 687 g/mol. The molecule has 4 N–H and O–H groups in total. The van der Waals surface area contributed by atoms with Gasteiger partial charge in [-0.25, -0.2) is 36.6 Å². The first-order chi connectivity index (χ1) is 20.9. The molecule has 0 aliphatic heterocycles. The Kier molecular flexibility index (Phi) is 22.8. The van der Waals surface area contributed by atoms with Gasteiger partial charge in [-0.1, -0.05) is 12.1 Å². The van der Waals surface area contributed by atoms with Crippen LogP contribution in [-0.4, -0.2) is 47.5 Å². The first-order valence-corrected chi connectivity index (χ1v) is 12.9. The fraction of sp³-hybridized carbons (Fsp3) is 0.286. The van der Waals surface area contributed by atoms with Crippen LogP contribution >= 0.6 is 12.4 Å². The van der Waals surface area contributed by atoms with Gasteiger partial charge in [-0.3, -0.25) is 21.2 Å². The molecule has 0 bridgehead atoms. The Labute approximate surface area is 289 Å². The Morgan fingerprint density at radius 3 is 1.89 bits per heavy atom. The molecule has 1 heterocycles. The van der Waals surface area contributed by atoms with Gasteiger partial charge in [0.1, 0.15) is 29.0 Å². The molecule has 0 fully saturated rings. The minimum Gasteiger partial charge on any atom is -0.867 e. The molecule has 0 aliphatic carbocycles. The van der Waals surface area contributed by atoms with Crippen LogP contribution in [0.2, 0.25) is 0 Å². The van der Waals surface area contributed by atoms with Gasteiger partial charge in [-0.05, 0) is 38.7 Å². The quantitative estimate of drug-likeness (QED) is 0.0365. The van der Waals surface area contributed by atoms with Crippen molar-refractivity contribution in [3.05, 3.63) is 105 Å². The van der Waals surface area contributed by atoms with Crippen molar-refractivity contribution in [3.63, 3.8) is 0 Å². The summed E-state index contributed by atoms with van der Waals surface area (Å²) in [6.45, 7) is 5.30. The summed E-state index contributed by atoms with van der Waals surface area (Å²) < 4.78 is 65.8. The average Bonchev–Trinajstić information content (AvgIpc) is 3.33. The van der Waals surface area contributed by atoms with Crippen molar-refractivity contribution in [2.24, 2.45) is 5.84 Å². The molecule has 46 heavy (non-hydrogen) atoms. The molecule has 1 aromatic heterocycles. The van der Waals surface area contributed by atoms with Crippen LogP contribution in [0.5, 0.6) is 0 Å². The monoisotopic (exact) mass is 686 g/mol. The second-order valence-electron chi connectivity index (χ2n) is 8.15. The summed E-state index contributed by atoms with van der Waals surface area (Å²) >= 11 is 0. The van der Waals surface area contributed by atoms with Crippen LogP contribution in [-0.2, 0) is 36.9 Å². The summed E-state index contributed by atoms with van der Waals surface area (Å²) in [7, 11) is 0. The van der Waals surface area contributed by atoms with E-state index < -0.39 is 52.5 Å². The number of hydrazine groups is 1. The second kappa shape index (κ2) is 23.6. The molecule has 0 saturated heterocycles. The molecule has 2 aromatic carbocycles. The molecule has 0 saturated carbocycles. The van der Waals surface area contributed by atoms with E-state index >= 15 is 0 Å². The van der Waals surface area contributed by atoms with E-state index in [4.69, 9.17) is 10.6 Å². The molecule has 248 valence electrons. The first kappa shape index (κ1) is 44.5. The maximum Gasteiger partial charge on any atom is 1.00 e. The van der Waals surface area contributed by atoms with Gasteiger partial charge in [0.05, 0.1) is 26.4 Å². The Bertz CT molecular complexity index is 1500. The number of benzene rings is 2. The number of carbonyl (C=O) groups is 3. The topological polar surface area (TPSA) is 178 Å². The molecular formula is C28H32ClF4N4NaO8. The van der Waals surface area contributed by atoms with Gasteiger partial charge in [0.25, 0.3) is 5.56 Å². The minimum absolute atomic E-state index is 0. The number of carbonyl (C=O) groups excluding carboxylic acids is 3. The van der Waals surface area contributed by atoms with Crippen molar-refractivity contribution in [2.75, 3.05) is 19.8 Å². The maximum absolute atomic E-state index is 13.5. The van der Waals surface area contributed by atoms with Crippen molar-refractivity contribution in [2.45, 2.75) is 33.9 Å². The number of nitrogens with two attached hydrogens (primary N) is 1. The first-order valence-electron chi connectivity index (χ1n) is 12.9. The molecule has 12 nitrogen and oxygen atoms in total. The van der Waals surface area contributed by atoms with Crippen molar-refractivity contribution in [1.29, 1.82) is 0 Å². The van der Waals surface area contributed by atoms with Gasteiger partial charge in [0.15, 0.2) is 0 Å². The number of nitrogens with zero attached hydrogens (tertiary/aromatic N) is 1. The van der Waals surface area contributed by atoms with Gasteiger partial charge in [-0.15, -0.1) is 12.4 Å². The van der Waals surface area contributed by atoms with Crippen molar-refractivity contribution < 1.29 is 80.8 Å². The molecule has 18 heteroatoms. The third-order valence-corrected chi connectivity index (χ3v) is 4.95. The molecule has 3 aromatic rings. The van der Waals surface area contributed by atoms with E-state index in [0.29, 0.717) is 11.6 Å². The summed E-state index contributed by atoms with van der Waals surface area (Å²) in [5.41, 5.74) is 2.25. The van der Waals surface area contributed by atoms with Crippen molar-refractivity contribution in [3.8, 4) is 0 Å². The summed E-state index contributed by atoms with van der Waals surface area (Å²) in [4.78, 5) is 44.4. The fourth-order valence-electron chi connectivity index (χ4n) is 3.01. The van der Waals surface area contributed by atoms with Crippen LogP contribution in [0.1, 0.15) is 42.4 Å². The maximum atomic E-state index is 13.5. The smallest absolute Gasteiger partial charge is 0.867 e. The van der Waals surface area contributed by atoms with Crippen molar-refractivity contribution in [1.82, 2.24) is 15.2 Å². The van der Waals surface area contributed by atoms with E-state index in [9.17, 15) is 41.8 Å². The van der Waals surface area contributed by atoms with E-state index in [0.717, 1.165) is 28.9 Å². The second-order valence-corrected chi connectivity index (χ2v) is 8.15. The number of halogens is 5. The van der Waals surface area contributed by atoms with Crippen LogP contribution in [0, 0.1) is 23.3 Å². The van der Waals surface area contributed by atoms with E-state index in [1.54, 1.807) is 20.8 Å². The number of ether oxygens (including phenoxy) is 3. The van der Waals surface area contributed by atoms with Crippen LogP contribution in [0.4, 0.5) is 17.6 Å². The molecule has 0 aliphatic rings. The largest absolute Gasteiger partial charge is 1.00 e. The Morgan fingerprint density at radius 2 is 1.41 bits per heavy atom. The van der Waals surface area contributed by atoms with Crippen LogP contribution in [0.15, 0.2) is 59.1 Å². The predicted octanol–water partition coefficient (Wildman–Crippen LogP) is -0.610. The van der Waals surface area contributed by atoms with Crippen LogP contribution < -0.4 is 51.5 Å². The minimum atomic E-state index is -1.05. The summed E-state index contributed by atoms with van der Waals surface area (Å²) in [5.74, 6) is -1.20. The Balaban J connectivity index is 0. The van der Waals surface area contributed by atoms with Gasteiger partial charge in [0, 0.05) is 41.9 Å². The molecule has 3 rings (SSSR count). The molecule has 0 atom stereocenters. The van der Waals surface area contributed by atoms with Gasteiger partial charge >= 0.3 is 47.5 Å². The number of nitrogens with one attached hydrogen (secondary N) is 2. The SMILES string of the molecule is CCOC(=O)/C=C(\[O-])C(=O)OCC.CCOC(=O)c1cc(=O)n(Cc2ccc(F)cc2F)[nH]1.Cl.NNCc1ccc(F)cc1F.[Na+]. The number of hydrogen-bond acceptors (Lipinski definition) is 10. The molecule has 0 amide bonds. The fourth-order valence-corrected chi connectivity index (χ4v) is 3.01. The molecule has 0 unspecified atom stereocenters. The Hall–Kier alpha value is -3.67. The molecular weight excluding hydrogens is 655 g/mol. The predicted molar refractivity (Wildman–Crippen MR) is 152 cm³/mol. The van der Waals surface area contributed by atoms with Gasteiger partial charge in [-0.2, -0.15) is 0 Å².